The average Bonchev–Trinajstić information content (AvgIpc) is 2.34. The van der Waals surface area contributed by atoms with Gasteiger partial charge in [-0.25, -0.2) is 0 Å². The SMILES string of the molecule is COC(=O)[C@]12CC(=O)C=C(OC)[C@H]1[C@@H](CCO)C2. The molecule has 1 fully saturated rings. The molecular formula is C13H18O5. The van der Waals surface area contributed by atoms with Crippen molar-refractivity contribution >= 4 is 11.8 Å². The van der Waals surface area contributed by atoms with Crippen LogP contribution in [0.25, 0.3) is 0 Å². The van der Waals surface area contributed by atoms with Gasteiger partial charge in [0.2, 0.25) is 0 Å². The van der Waals surface area contributed by atoms with Gasteiger partial charge in [-0.2, -0.15) is 0 Å². The lowest BCUT2D eigenvalue weighted by atomic mass is 9.48. The second kappa shape index (κ2) is 4.72. The molecule has 2 rings (SSSR count). The zero-order valence-corrected chi connectivity index (χ0v) is 10.6. The Morgan fingerprint density at radius 1 is 1.56 bits per heavy atom. The monoisotopic (exact) mass is 254 g/mol. The molecule has 0 unspecified atom stereocenters. The van der Waals surface area contributed by atoms with Crippen molar-refractivity contribution < 1.29 is 24.2 Å². The Morgan fingerprint density at radius 3 is 2.83 bits per heavy atom. The number of allylic oxidation sites excluding steroid dienone is 2. The summed E-state index contributed by atoms with van der Waals surface area (Å²) in [4.78, 5) is 23.7. The van der Waals surface area contributed by atoms with Crippen molar-refractivity contribution in [3.63, 3.8) is 0 Å². The summed E-state index contributed by atoms with van der Waals surface area (Å²) in [5.41, 5.74) is -0.772. The maximum Gasteiger partial charge on any atom is 0.313 e. The van der Waals surface area contributed by atoms with Crippen molar-refractivity contribution in [3.05, 3.63) is 11.8 Å². The lowest BCUT2D eigenvalue weighted by molar-refractivity contribution is -0.177. The summed E-state index contributed by atoms with van der Waals surface area (Å²) in [6.07, 6.45) is 2.84. The van der Waals surface area contributed by atoms with Crippen LogP contribution in [0.15, 0.2) is 11.8 Å². The van der Waals surface area contributed by atoms with Crippen molar-refractivity contribution in [1.29, 1.82) is 0 Å². The van der Waals surface area contributed by atoms with Crippen LogP contribution in [0.4, 0.5) is 0 Å². The van der Waals surface area contributed by atoms with Crippen LogP contribution in [0.2, 0.25) is 0 Å². The topological polar surface area (TPSA) is 72.8 Å². The number of aliphatic hydroxyl groups is 1. The van der Waals surface area contributed by atoms with E-state index >= 15 is 0 Å². The van der Waals surface area contributed by atoms with Crippen LogP contribution < -0.4 is 0 Å². The number of hydrogen-bond donors (Lipinski definition) is 1. The van der Waals surface area contributed by atoms with E-state index in [1.807, 2.05) is 0 Å². The van der Waals surface area contributed by atoms with Crippen LogP contribution in [0.3, 0.4) is 0 Å². The van der Waals surface area contributed by atoms with Gasteiger partial charge < -0.3 is 14.6 Å². The number of ketones is 1. The number of esters is 1. The molecule has 0 aromatic rings. The van der Waals surface area contributed by atoms with Crippen molar-refractivity contribution in [2.24, 2.45) is 17.3 Å². The molecule has 3 atom stereocenters. The first-order valence-corrected chi connectivity index (χ1v) is 6.06. The molecule has 0 spiro atoms. The quantitative estimate of drug-likeness (QED) is 0.746. The molecule has 1 saturated carbocycles. The molecule has 1 N–H and O–H groups in total. The molecule has 0 aromatic heterocycles. The molecule has 0 heterocycles. The van der Waals surface area contributed by atoms with E-state index in [9.17, 15) is 9.59 Å². The van der Waals surface area contributed by atoms with Gasteiger partial charge in [0.05, 0.1) is 19.6 Å². The van der Waals surface area contributed by atoms with E-state index in [-0.39, 0.29) is 36.6 Å². The lowest BCUT2D eigenvalue weighted by Gasteiger charge is -2.54. The summed E-state index contributed by atoms with van der Waals surface area (Å²) in [5.74, 6) is 0.128. The minimum absolute atomic E-state index is 0.0728. The van der Waals surface area contributed by atoms with E-state index in [0.717, 1.165) is 0 Å². The Kier molecular flexibility index (Phi) is 3.43. The number of aliphatic hydroxyl groups excluding tert-OH is 1. The highest BCUT2D eigenvalue weighted by molar-refractivity contribution is 5.97. The minimum Gasteiger partial charge on any atom is -0.501 e. The maximum atomic E-state index is 12.0. The highest BCUT2D eigenvalue weighted by Crippen LogP contribution is 2.60. The molecule has 0 bridgehead atoms. The number of carbonyl (C=O) groups is 2. The summed E-state index contributed by atoms with van der Waals surface area (Å²) in [6.45, 7) is 0.0728. The standard InChI is InChI=1S/C13H18O5/c1-17-10-5-9(15)7-13(12(16)18-2)6-8(3-4-14)11(10)13/h5,8,11,14H,3-4,6-7H2,1-2H3/t8-,11+,13+/m0/s1. The van der Waals surface area contributed by atoms with Crippen LogP contribution in [-0.2, 0) is 19.1 Å². The van der Waals surface area contributed by atoms with Gasteiger partial charge in [-0.3, -0.25) is 9.59 Å². The van der Waals surface area contributed by atoms with Gasteiger partial charge in [0, 0.05) is 25.0 Å². The Balaban J connectivity index is 2.33. The fourth-order valence-electron chi connectivity index (χ4n) is 3.41. The van der Waals surface area contributed by atoms with Crippen LogP contribution in [-0.4, -0.2) is 37.7 Å². The van der Waals surface area contributed by atoms with Crippen molar-refractivity contribution in [2.45, 2.75) is 19.3 Å². The molecule has 0 aliphatic heterocycles. The van der Waals surface area contributed by atoms with Gasteiger partial charge in [-0.15, -0.1) is 0 Å². The Hall–Kier alpha value is -1.36. The Morgan fingerprint density at radius 2 is 2.28 bits per heavy atom. The molecule has 2 aliphatic carbocycles. The number of ether oxygens (including phenoxy) is 2. The van der Waals surface area contributed by atoms with Gasteiger partial charge in [0.1, 0.15) is 5.76 Å². The van der Waals surface area contributed by atoms with E-state index < -0.39 is 5.41 Å². The number of methoxy groups -OCH3 is 2. The highest BCUT2D eigenvalue weighted by Gasteiger charge is 2.63. The van der Waals surface area contributed by atoms with E-state index in [1.165, 1.54) is 20.3 Å². The maximum absolute atomic E-state index is 12.0. The number of carbonyl (C=O) groups excluding carboxylic acids is 2. The van der Waals surface area contributed by atoms with E-state index in [2.05, 4.69) is 0 Å². The Bertz CT molecular complexity index is 400. The Labute approximate surface area is 106 Å². The minimum atomic E-state index is -0.772. The summed E-state index contributed by atoms with van der Waals surface area (Å²) < 4.78 is 10.1. The van der Waals surface area contributed by atoms with Gasteiger partial charge in [0.15, 0.2) is 5.78 Å². The van der Waals surface area contributed by atoms with Crippen LogP contribution in [0, 0.1) is 17.3 Å². The molecule has 2 aliphatic rings. The second-order valence-corrected chi connectivity index (χ2v) is 5.00. The molecule has 0 amide bonds. The molecule has 5 heteroatoms. The van der Waals surface area contributed by atoms with Gasteiger partial charge in [-0.1, -0.05) is 0 Å². The van der Waals surface area contributed by atoms with E-state index in [4.69, 9.17) is 14.6 Å². The van der Waals surface area contributed by atoms with Crippen molar-refractivity contribution in [1.82, 2.24) is 0 Å². The normalized spacial score (nSPS) is 34.2. The fourth-order valence-corrected chi connectivity index (χ4v) is 3.41. The van der Waals surface area contributed by atoms with E-state index in [0.29, 0.717) is 18.6 Å². The van der Waals surface area contributed by atoms with Crippen LogP contribution in [0.1, 0.15) is 19.3 Å². The predicted molar refractivity (Wildman–Crippen MR) is 62.5 cm³/mol. The first-order chi connectivity index (χ1) is 8.58. The largest absolute Gasteiger partial charge is 0.501 e. The molecule has 0 aromatic carbocycles. The molecule has 18 heavy (non-hydrogen) atoms. The van der Waals surface area contributed by atoms with Gasteiger partial charge >= 0.3 is 5.97 Å². The first kappa shape index (κ1) is 13.1. The molecule has 0 radical (unpaired) electrons. The smallest absolute Gasteiger partial charge is 0.313 e. The molecular weight excluding hydrogens is 236 g/mol. The predicted octanol–water partition coefficient (Wildman–Crippen LogP) is 0.667. The fraction of sp³-hybridized carbons (Fsp3) is 0.692. The summed E-state index contributed by atoms with van der Waals surface area (Å²) in [5, 5.41) is 9.04. The summed E-state index contributed by atoms with van der Waals surface area (Å²) in [6, 6.07) is 0. The molecule has 0 saturated heterocycles. The van der Waals surface area contributed by atoms with E-state index in [1.54, 1.807) is 0 Å². The number of hydrogen-bond acceptors (Lipinski definition) is 5. The third-order valence-electron chi connectivity index (χ3n) is 4.12. The zero-order chi connectivity index (χ0) is 13.3. The molecule has 5 nitrogen and oxygen atoms in total. The summed E-state index contributed by atoms with van der Waals surface area (Å²) >= 11 is 0. The van der Waals surface area contributed by atoms with Crippen LogP contribution >= 0.6 is 0 Å². The van der Waals surface area contributed by atoms with Crippen LogP contribution in [0.5, 0.6) is 0 Å². The number of rotatable bonds is 4. The zero-order valence-electron chi connectivity index (χ0n) is 10.6. The summed E-state index contributed by atoms with van der Waals surface area (Å²) in [7, 11) is 2.84. The van der Waals surface area contributed by atoms with Gasteiger partial charge in [0.25, 0.3) is 0 Å². The van der Waals surface area contributed by atoms with Crippen molar-refractivity contribution in [2.75, 3.05) is 20.8 Å². The number of fused-ring (bicyclic) bond motifs is 1. The molecule has 100 valence electrons. The van der Waals surface area contributed by atoms with Gasteiger partial charge in [-0.05, 0) is 18.8 Å². The lowest BCUT2D eigenvalue weighted by Crippen LogP contribution is -2.57. The highest BCUT2D eigenvalue weighted by atomic mass is 16.5. The average molecular weight is 254 g/mol. The van der Waals surface area contributed by atoms with Crippen molar-refractivity contribution in [3.8, 4) is 0 Å². The third-order valence-corrected chi connectivity index (χ3v) is 4.12. The second-order valence-electron chi connectivity index (χ2n) is 5.00. The first-order valence-electron chi connectivity index (χ1n) is 6.06. The third kappa shape index (κ3) is 1.73.